The Morgan fingerprint density at radius 1 is 1.27 bits per heavy atom. The molecular weight excluding hydrogens is 166 g/mol. The molecule has 11 heavy (non-hydrogen) atoms. The number of hydrogen-bond donors (Lipinski definition) is 3. The molecule has 0 aliphatic carbocycles. The molecule has 68 valence electrons. The molecule has 4 N–H and O–H groups in total. The van der Waals surface area contributed by atoms with Gasteiger partial charge in [-0.05, 0) is 6.42 Å². The summed E-state index contributed by atoms with van der Waals surface area (Å²) in [6.07, 6.45) is 0.781. The Morgan fingerprint density at radius 2 is 1.82 bits per heavy atom. The van der Waals surface area contributed by atoms with Gasteiger partial charge in [0.25, 0.3) is 10.2 Å². The van der Waals surface area contributed by atoms with Crippen LogP contribution < -0.4 is 15.2 Å². The van der Waals surface area contributed by atoms with Crippen LogP contribution in [0.25, 0.3) is 0 Å². The van der Waals surface area contributed by atoms with Gasteiger partial charge in [0.1, 0.15) is 0 Å². The minimum atomic E-state index is -3.29. The van der Waals surface area contributed by atoms with E-state index in [1.165, 1.54) is 0 Å². The smallest absolute Gasteiger partial charge is 0.276 e. The summed E-state index contributed by atoms with van der Waals surface area (Å²) in [6.45, 7) is 2.94. The lowest BCUT2D eigenvalue weighted by atomic mass is 10.5. The van der Waals surface area contributed by atoms with Crippen molar-refractivity contribution >= 4 is 10.2 Å². The first-order valence-corrected chi connectivity index (χ1v) is 5.05. The van der Waals surface area contributed by atoms with Crippen molar-refractivity contribution in [1.29, 1.82) is 0 Å². The third-order valence-electron chi connectivity index (χ3n) is 0.979. The summed E-state index contributed by atoms with van der Waals surface area (Å²) in [6, 6.07) is 0. The van der Waals surface area contributed by atoms with Crippen molar-refractivity contribution in [2.45, 2.75) is 13.3 Å². The molecule has 0 aromatic carbocycles. The Labute approximate surface area is 67.5 Å². The predicted octanol–water partition coefficient (Wildman–Crippen LogP) is -1.22. The van der Waals surface area contributed by atoms with Gasteiger partial charge < -0.3 is 5.73 Å². The van der Waals surface area contributed by atoms with E-state index in [4.69, 9.17) is 5.73 Å². The van der Waals surface area contributed by atoms with Crippen molar-refractivity contribution in [3.05, 3.63) is 0 Å². The third-order valence-corrected chi connectivity index (χ3v) is 2.15. The SMILES string of the molecule is CCCNS(=O)(=O)NCCN. The van der Waals surface area contributed by atoms with Crippen LogP contribution in [0.3, 0.4) is 0 Å². The Balaban J connectivity index is 3.63. The first-order valence-electron chi connectivity index (χ1n) is 3.56. The molecule has 0 aromatic rings. The largest absolute Gasteiger partial charge is 0.329 e. The number of nitrogens with one attached hydrogen (secondary N) is 2. The van der Waals surface area contributed by atoms with Gasteiger partial charge in [0, 0.05) is 19.6 Å². The van der Waals surface area contributed by atoms with Gasteiger partial charge in [-0.1, -0.05) is 6.92 Å². The molecule has 0 fully saturated rings. The maximum absolute atomic E-state index is 10.9. The molecule has 0 rings (SSSR count). The molecule has 0 atom stereocenters. The van der Waals surface area contributed by atoms with E-state index >= 15 is 0 Å². The summed E-state index contributed by atoms with van der Waals surface area (Å²) >= 11 is 0. The highest BCUT2D eigenvalue weighted by molar-refractivity contribution is 7.87. The minimum Gasteiger partial charge on any atom is -0.329 e. The van der Waals surface area contributed by atoms with Crippen molar-refractivity contribution in [3.63, 3.8) is 0 Å². The molecule has 0 aliphatic heterocycles. The predicted molar refractivity (Wildman–Crippen MR) is 44.3 cm³/mol. The highest BCUT2D eigenvalue weighted by Crippen LogP contribution is 1.76. The zero-order valence-electron chi connectivity index (χ0n) is 6.63. The molecule has 0 saturated carbocycles. The normalized spacial score (nSPS) is 11.8. The molecule has 0 bridgehead atoms. The van der Waals surface area contributed by atoms with E-state index in [-0.39, 0.29) is 6.54 Å². The standard InChI is InChI=1S/C5H15N3O2S/c1-2-4-7-11(9,10)8-5-3-6/h7-8H,2-6H2,1H3. The number of nitrogens with two attached hydrogens (primary N) is 1. The molecule has 0 spiro atoms. The topological polar surface area (TPSA) is 84.2 Å². The molecule has 0 amide bonds. The second kappa shape index (κ2) is 5.48. The quantitative estimate of drug-likeness (QED) is 0.480. The average Bonchev–Trinajstić information content (AvgIpc) is 1.97. The molecule has 0 heterocycles. The van der Waals surface area contributed by atoms with Gasteiger partial charge in [-0.3, -0.25) is 0 Å². The van der Waals surface area contributed by atoms with Crippen LogP contribution in [0.5, 0.6) is 0 Å². The maximum Gasteiger partial charge on any atom is 0.276 e. The van der Waals surface area contributed by atoms with Gasteiger partial charge >= 0.3 is 0 Å². The number of hydrogen-bond acceptors (Lipinski definition) is 3. The van der Waals surface area contributed by atoms with E-state index in [0.717, 1.165) is 6.42 Å². The van der Waals surface area contributed by atoms with Crippen LogP contribution in [0.2, 0.25) is 0 Å². The fraction of sp³-hybridized carbons (Fsp3) is 1.00. The average molecular weight is 181 g/mol. The zero-order valence-corrected chi connectivity index (χ0v) is 7.45. The first kappa shape index (κ1) is 10.8. The number of rotatable bonds is 6. The summed E-state index contributed by atoms with van der Waals surface area (Å²) in [5.74, 6) is 0. The Morgan fingerprint density at radius 3 is 2.27 bits per heavy atom. The highest BCUT2D eigenvalue weighted by Gasteiger charge is 2.04. The van der Waals surface area contributed by atoms with Crippen LogP contribution in [-0.4, -0.2) is 28.1 Å². The second-order valence-electron chi connectivity index (χ2n) is 2.08. The fourth-order valence-corrected chi connectivity index (χ4v) is 1.44. The Kier molecular flexibility index (Phi) is 5.39. The van der Waals surface area contributed by atoms with Gasteiger partial charge in [0.05, 0.1) is 0 Å². The highest BCUT2D eigenvalue weighted by atomic mass is 32.2. The lowest BCUT2D eigenvalue weighted by Gasteiger charge is -2.04. The van der Waals surface area contributed by atoms with E-state index in [1.54, 1.807) is 0 Å². The van der Waals surface area contributed by atoms with Gasteiger partial charge in [-0.15, -0.1) is 0 Å². The summed E-state index contributed by atoms with van der Waals surface area (Å²) in [7, 11) is -3.29. The van der Waals surface area contributed by atoms with Crippen LogP contribution in [0.15, 0.2) is 0 Å². The minimum absolute atomic E-state index is 0.277. The van der Waals surface area contributed by atoms with Crippen molar-refractivity contribution in [2.24, 2.45) is 5.73 Å². The van der Waals surface area contributed by atoms with Crippen molar-refractivity contribution < 1.29 is 8.42 Å². The third kappa shape index (κ3) is 6.24. The van der Waals surface area contributed by atoms with Crippen molar-refractivity contribution in [3.8, 4) is 0 Å². The molecule has 0 saturated heterocycles. The van der Waals surface area contributed by atoms with Crippen LogP contribution >= 0.6 is 0 Å². The van der Waals surface area contributed by atoms with Crippen LogP contribution in [-0.2, 0) is 10.2 Å². The lowest BCUT2D eigenvalue weighted by Crippen LogP contribution is -2.39. The summed E-state index contributed by atoms with van der Waals surface area (Å²) < 4.78 is 26.4. The van der Waals surface area contributed by atoms with Gasteiger partial charge in [-0.2, -0.15) is 8.42 Å². The molecular formula is C5H15N3O2S. The summed E-state index contributed by atoms with van der Waals surface area (Å²) in [4.78, 5) is 0. The van der Waals surface area contributed by atoms with E-state index in [9.17, 15) is 8.42 Å². The molecule has 0 radical (unpaired) electrons. The van der Waals surface area contributed by atoms with Gasteiger partial charge in [-0.25, -0.2) is 9.44 Å². The van der Waals surface area contributed by atoms with Gasteiger partial charge in [0.15, 0.2) is 0 Å². The molecule has 0 aromatic heterocycles. The van der Waals surface area contributed by atoms with E-state index < -0.39 is 10.2 Å². The maximum atomic E-state index is 10.9. The van der Waals surface area contributed by atoms with E-state index in [0.29, 0.717) is 13.1 Å². The van der Waals surface area contributed by atoms with Crippen LogP contribution in [0.1, 0.15) is 13.3 Å². The monoisotopic (exact) mass is 181 g/mol. The van der Waals surface area contributed by atoms with Gasteiger partial charge in [0.2, 0.25) is 0 Å². The lowest BCUT2D eigenvalue weighted by molar-refractivity contribution is 0.566. The van der Waals surface area contributed by atoms with Crippen LogP contribution in [0.4, 0.5) is 0 Å². The molecule has 6 heteroatoms. The van der Waals surface area contributed by atoms with Crippen molar-refractivity contribution in [1.82, 2.24) is 9.44 Å². The summed E-state index contributed by atoms with van der Waals surface area (Å²) in [5.41, 5.74) is 5.11. The van der Waals surface area contributed by atoms with E-state index in [2.05, 4.69) is 9.44 Å². The van der Waals surface area contributed by atoms with Crippen LogP contribution in [0, 0.1) is 0 Å². The second-order valence-corrected chi connectivity index (χ2v) is 3.67. The Bertz CT molecular complexity index is 164. The first-order chi connectivity index (χ1) is 5.12. The Hall–Kier alpha value is -0.170. The summed E-state index contributed by atoms with van der Waals surface area (Å²) in [5, 5.41) is 0. The molecule has 5 nitrogen and oxygen atoms in total. The molecule has 0 unspecified atom stereocenters. The molecule has 0 aliphatic rings. The van der Waals surface area contributed by atoms with Crippen molar-refractivity contribution in [2.75, 3.05) is 19.6 Å². The van der Waals surface area contributed by atoms with E-state index in [1.807, 2.05) is 6.92 Å². The zero-order chi connectivity index (χ0) is 8.74. The fourth-order valence-electron chi connectivity index (χ4n) is 0.481.